The van der Waals surface area contributed by atoms with Crippen LogP contribution in [0.1, 0.15) is 21.7 Å². The van der Waals surface area contributed by atoms with E-state index in [1.54, 1.807) is 6.07 Å². The van der Waals surface area contributed by atoms with Gasteiger partial charge in [0.1, 0.15) is 18.4 Å². The lowest BCUT2D eigenvalue weighted by molar-refractivity contribution is 0.0588. The second-order valence-electron chi connectivity index (χ2n) is 3.92. The molecule has 1 aromatic carbocycles. The molecule has 0 aliphatic carbocycles. The van der Waals surface area contributed by atoms with Gasteiger partial charge < -0.3 is 9.47 Å². The first kappa shape index (κ1) is 13.6. The highest BCUT2D eigenvalue weighted by molar-refractivity contribution is 5.90. The van der Waals surface area contributed by atoms with Gasteiger partial charge in [-0.25, -0.2) is 9.78 Å². The third-order valence-electron chi connectivity index (χ3n) is 2.59. The van der Waals surface area contributed by atoms with E-state index < -0.39 is 5.97 Å². The second kappa shape index (κ2) is 6.34. The second-order valence-corrected chi connectivity index (χ2v) is 3.92. The van der Waals surface area contributed by atoms with Gasteiger partial charge in [0.15, 0.2) is 11.4 Å². The Morgan fingerprint density at radius 2 is 2.00 bits per heavy atom. The molecular weight excluding hydrogens is 256 g/mol. The Morgan fingerprint density at radius 1 is 1.25 bits per heavy atom. The molecule has 0 unspecified atom stereocenters. The monoisotopic (exact) mass is 268 g/mol. The molecule has 0 saturated carbocycles. The summed E-state index contributed by atoms with van der Waals surface area (Å²) in [6.45, 7) is 0.304. The molecule has 20 heavy (non-hydrogen) atoms. The lowest BCUT2D eigenvalue weighted by Crippen LogP contribution is -2.09. The minimum Gasteiger partial charge on any atom is -0.486 e. The summed E-state index contributed by atoms with van der Waals surface area (Å²) < 4.78 is 10.2. The molecular formula is C15H12N2O3. The van der Waals surface area contributed by atoms with Crippen LogP contribution >= 0.6 is 0 Å². The van der Waals surface area contributed by atoms with Crippen molar-refractivity contribution in [2.75, 3.05) is 7.11 Å². The third kappa shape index (κ3) is 3.12. The zero-order valence-corrected chi connectivity index (χ0v) is 10.9. The van der Waals surface area contributed by atoms with E-state index in [0.717, 1.165) is 5.56 Å². The number of carbonyl (C=O) groups is 1. The Kier molecular flexibility index (Phi) is 4.30. The Labute approximate surface area is 116 Å². The zero-order valence-electron chi connectivity index (χ0n) is 10.9. The van der Waals surface area contributed by atoms with Crippen LogP contribution in [0, 0.1) is 11.3 Å². The van der Waals surface area contributed by atoms with Crippen LogP contribution in [0.5, 0.6) is 5.75 Å². The standard InChI is InChI=1S/C15H12N2O3/c1-19-15(18)14-13(8-7-12(9-16)17-14)20-10-11-5-3-2-4-6-11/h2-8H,10H2,1H3. The van der Waals surface area contributed by atoms with Gasteiger partial charge in [-0.1, -0.05) is 30.3 Å². The number of carbonyl (C=O) groups excluding carboxylic acids is 1. The van der Waals surface area contributed by atoms with Crippen LogP contribution < -0.4 is 4.74 Å². The van der Waals surface area contributed by atoms with Gasteiger partial charge in [0.25, 0.3) is 0 Å². The fraction of sp³-hybridized carbons (Fsp3) is 0.133. The lowest BCUT2D eigenvalue weighted by Gasteiger charge is -2.09. The minimum atomic E-state index is -0.634. The average Bonchev–Trinajstić information content (AvgIpc) is 2.53. The largest absolute Gasteiger partial charge is 0.486 e. The van der Waals surface area contributed by atoms with Crippen molar-refractivity contribution in [3.05, 3.63) is 59.4 Å². The van der Waals surface area contributed by atoms with Crippen molar-refractivity contribution in [2.45, 2.75) is 6.61 Å². The van der Waals surface area contributed by atoms with Gasteiger partial charge >= 0.3 is 5.97 Å². The molecule has 1 heterocycles. The Hall–Kier alpha value is -2.87. The SMILES string of the molecule is COC(=O)c1nc(C#N)ccc1OCc1ccccc1. The van der Waals surface area contributed by atoms with Gasteiger partial charge in [0, 0.05) is 0 Å². The molecule has 2 rings (SSSR count). The summed E-state index contributed by atoms with van der Waals surface area (Å²) in [5.74, 6) is -0.343. The molecule has 0 saturated heterocycles. The number of hydrogen-bond acceptors (Lipinski definition) is 5. The Balaban J connectivity index is 2.23. The van der Waals surface area contributed by atoms with Gasteiger partial charge in [-0.15, -0.1) is 0 Å². The maximum Gasteiger partial charge on any atom is 0.360 e. The van der Waals surface area contributed by atoms with Gasteiger partial charge in [0.2, 0.25) is 0 Å². The van der Waals surface area contributed by atoms with Crippen LogP contribution in [0.15, 0.2) is 42.5 Å². The number of nitrogens with zero attached hydrogens (tertiary/aromatic N) is 2. The summed E-state index contributed by atoms with van der Waals surface area (Å²) >= 11 is 0. The van der Waals surface area contributed by atoms with Crippen LogP contribution in [0.4, 0.5) is 0 Å². The Morgan fingerprint density at radius 3 is 2.65 bits per heavy atom. The first-order chi connectivity index (χ1) is 9.74. The van der Waals surface area contributed by atoms with Gasteiger partial charge in [-0.2, -0.15) is 5.26 Å². The molecule has 100 valence electrons. The van der Waals surface area contributed by atoms with E-state index in [4.69, 9.17) is 10.00 Å². The number of benzene rings is 1. The highest BCUT2D eigenvalue weighted by Gasteiger charge is 2.16. The van der Waals surface area contributed by atoms with Gasteiger partial charge in [-0.05, 0) is 17.7 Å². The predicted octanol–water partition coefficient (Wildman–Crippen LogP) is 2.32. The van der Waals surface area contributed by atoms with Gasteiger partial charge in [-0.3, -0.25) is 0 Å². The van der Waals surface area contributed by atoms with E-state index in [1.165, 1.54) is 13.2 Å². The van der Waals surface area contributed by atoms with Crippen LogP contribution in [-0.2, 0) is 11.3 Å². The van der Waals surface area contributed by atoms with Crippen LogP contribution in [0.2, 0.25) is 0 Å². The molecule has 0 bridgehead atoms. The summed E-state index contributed by atoms with van der Waals surface area (Å²) in [5, 5.41) is 8.81. The van der Waals surface area contributed by atoms with Crippen molar-refractivity contribution in [3.8, 4) is 11.8 Å². The summed E-state index contributed by atoms with van der Waals surface area (Å²) in [4.78, 5) is 15.6. The smallest absolute Gasteiger partial charge is 0.360 e. The van der Waals surface area contributed by atoms with Crippen molar-refractivity contribution in [2.24, 2.45) is 0 Å². The molecule has 0 radical (unpaired) electrons. The van der Waals surface area contributed by atoms with Gasteiger partial charge in [0.05, 0.1) is 7.11 Å². The molecule has 0 N–H and O–H groups in total. The van der Waals surface area contributed by atoms with E-state index in [2.05, 4.69) is 9.72 Å². The quantitative estimate of drug-likeness (QED) is 0.796. The van der Waals surface area contributed by atoms with Crippen molar-refractivity contribution < 1.29 is 14.3 Å². The Bertz CT molecular complexity index is 648. The molecule has 5 heteroatoms. The highest BCUT2D eigenvalue weighted by Crippen LogP contribution is 2.19. The summed E-state index contributed by atoms with van der Waals surface area (Å²) in [6.07, 6.45) is 0. The summed E-state index contributed by atoms with van der Waals surface area (Å²) in [5.41, 5.74) is 1.10. The van der Waals surface area contributed by atoms with E-state index in [-0.39, 0.29) is 11.4 Å². The van der Waals surface area contributed by atoms with Crippen LogP contribution in [-0.4, -0.2) is 18.1 Å². The maximum atomic E-state index is 11.6. The number of hydrogen-bond donors (Lipinski definition) is 0. The summed E-state index contributed by atoms with van der Waals surface area (Å²) in [6, 6.07) is 14.4. The molecule has 0 atom stereocenters. The van der Waals surface area contributed by atoms with E-state index in [9.17, 15) is 4.79 Å². The molecule has 0 aliphatic rings. The van der Waals surface area contributed by atoms with Crippen molar-refractivity contribution >= 4 is 5.97 Å². The molecule has 2 aromatic rings. The molecule has 0 aliphatic heterocycles. The van der Waals surface area contributed by atoms with E-state index in [0.29, 0.717) is 12.4 Å². The number of methoxy groups -OCH3 is 1. The fourth-order valence-corrected chi connectivity index (χ4v) is 1.60. The summed E-state index contributed by atoms with van der Waals surface area (Å²) in [7, 11) is 1.25. The topological polar surface area (TPSA) is 72.2 Å². The molecule has 0 amide bonds. The third-order valence-corrected chi connectivity index (χ3v) is 2.59. The number of aromatic nitrogens is 1. The minimum absolute atomic E-state index is 0.00230. The van der Waals surface area contributed by atoms with Crippen molar-refractivity contribution in [1.82, 2.24) is 4.98 Å². The molecule has 5 nitrogen and oxygen atoms in total. The van der Waals surface area contributed by atoms with Crippen LogP contribution in [0.3, 0.4) is 0 Å². The first-order valence-corrected chi connectivity index (χ1v) is 5.91. The predicted molar refractivity (Wildman–Crippen MR) is 71.1 cm³/mol. The fourth-order valence-electron chi connectivity index (χ4n) is 1.60. The number of ether oxygens (including phenoxy) is 2. The lowest BCUT2D eigenvalue weighted by atomic mass is 10.2. The number of pyridine rings is 1. The molecule has 1 aromatic heterocycles. The van der Waals surface area contributed by atoms with Crippen LogP contribution in [0.25, 0.3) is 0 Å². The maximum absolute atomic E-state index is 11.6. The number of rotatable bonds is 4. The van der Waals surface area contributed by atoms with E-state index in [1.807, 2.05) is 36.4 Å². The van der Waals surface area contributed by atoms with Crippen molar-refractivity contribution in [3.63, 3.8) is 0 Å². The van der Waals surface area contributed by atoms with E-state index >= 15 is 0 Å². The molecule has 0 spiro atoms. The normalized spacial score (nSPS) is 9.60. The number of esters is 1. The zero-order chi connectivity index (χ0) is 14.4. The van der Waals surface area contributed by atoms with Crippen molar-refractivity contribution in [1.29, 1.82) is 5.26 Å². The highest BCUT2D eigenvalue weighted by atomic mass is 16.5. The first-order valence-electron chi connectivity index (χ1n) is 5.91. The number of nitriles is 1. The average molecular weight is 268 g/mol. The molecule has 0 fully saturated rings.